The molecule has 1 saturated heterocycles. The summed E-state index contributed by atoms with van der Waals surface area (Å²) in [6.07, 6.45) is 5.37. The van der Waals surface area contributed by atoms with Gasteiger partial charge in [-0.2, -0.15) is 0 Å². The van der Waals surface area contributed by atoms with Gasteiger partial charge in [-0.3, -0.25) is 0 Å². The number of hydrogen-bond donors (Lipinski definition) is 3. The van der Waals surface area contributed by atoms with Crippen LogP contribution in [0.5, 0.6) is 0 Å². The summed E-state index contributed by atoms with van der Waals surface area (Å²) in [6, 6.07) is 1.47. The minimum Gasteiger partial charge on any atom is -0.367 e. The molecule has 1 fully saturated rings. The molecule has 8 heteroatoms. The zero-order chi connectivity index (χ0) is 16.5. The topological polar surface area (TPSA) is 69.3 Å². The summed E-state index contributed by atoms with van der Waals surface area (Å²) in [6.45, 7) is 4.88. The predicted molar refractivity (Wildman–Crippen MR) is 94.4 cm³/mol. The first-order valence-corrected chi connectivity index (χ1v) is 8.70. The number of pyridine rings is 1. The van der Waals surface area contributed by atoms with Gasteiger partial charge in [-0.15, -0.1) is 0 Å². The van der Waals surface area contributed by atoms with Gasteiger partial charge in [-0.1, -0.05) is 29.6 Å². The van der Waals surface area contributed by atoms with Crippen LogP contribution in [0.1, 0.15) is 19.3 Å². The predicted octanol–water partition coefficient (Wildman–Crippen LogP) is 2.59. The van der Waals surface area contributed by atoms with Crippen LogP contribution in [0, 0.1) is 0 Å². The van der Waals surface area contributed by atoms with Crippen molar-refractivity contribution in [3.8, 4) is 0 Å². The fourth-order valence-electron chi connectivity index (χ4n) is 2.47. The highest BCUT2D eigenvalue weighted by Crippen LogP contribution is 2.21. The molecule has 0 aliphatic carbocycles. The molecule has 128 valence electrons. The van der Waals surface area contributed by atoms with Gasteiger partial charge in [0.2, 0.25) is 0 Å². The van der Waals surface area contributed by atoms with Gasteiger partial charge in [0, 0.05) is 32.4 Å². The van der Waals surface area contributed by atoms with E-state index in [-0.39, 0.29) is 6.03 Å². The summed E-state index contributed by atoms with van der Waals surface area (Å²) in [5.41, 5.74) is 0. The molecule has 6 nitrogen and oxygen atoms in total. The Balaban J connectivity index is 1.54. The van der Waals surface area contributed by atoms with Crippen molar-refractivity contribution in [2.24, 2.45) is 0 Å². The first-order valence-electron chi connectivity index (χ1n) is 7.94. The summed E-state index contributed by atoms with van der Waals surface area (Å²) in [5, 5.41) is 9.67. The number of carbonyl (C=O) groups is 1. The Morgan fingerprint density at radius 2 is 1.87 bits per heavy atom. The van der Waals surface area contributed by atoms with Crippen molar-refractivity contribution in [1.82, 2.24) is 20.5 Å². The zero-order valence-corrected chi connectivity index (χ0v) is 14.6. The molecule has 1 aliphatic rings. The number of carbonyl (C=O) groups excluding carboxylic acids is 1. The number of halogens is 2. The van der Waals surface area contributed by atoms with Crippen molar-refractivity contribution in [1.29, 1.82) is 0 Å². The third-order valence-electron chi connectivity index (χ3n) is 3.67. The Kier molecular flexibility index (Phi) is 7.71. The molecule has 2 amide bonds. The molecule has 0 aromatic carbocycles. The third kappa shape index (κ3) is 6.81. The van der Waals surface area contributed by atoms with Crippen molar-refractivity contribution < 1.29 is 4.79 Å². The van der Waals surface area contributed by atoms with E-state index < -0.39 is 0 Å². The second-order valence-electron chi connectivity index (χ2n) is 5.50. The normalized spacial score (nSPS) is 15.2. The Hall–Kier alpha value is -1.24. The molecule has 0 radical (unpaired) electrons. The minimum absolute atomic E-state index is 0.154. The van der Waals surface area contributed by atoms with Crippen LogP contribution >= 0.6 is 23.2 Å². The third-order valence-corrected chi connectivity index (χ3v) is 4.17. The number of anilines is 1. The highest BCUT2D eigenvalue weighted by Gasteiger charge is 2.09. The lowest BCUT2D eigenvalue weighted by molar-refractivity contribution is 0.220. The lowest BCUT2D eigenvalue weighted by Gasteiger charge is -2.26. The standard InChI is InChI=1S/C15H23Cl2N5O/c16-12-10-13(17)14(21-11-12)18-4-5-19-15(23)20-6-9-22-7-2-1-3-8-22/h10-11H,1-9H2,(H,18,21)(H2,19,20,23). The van der Waals surface area contributed by atoms with Crippen molar-refractivity contribution in [2.75, 3.05) is 44.6 Å². The van der Waals surface area contributed by atoms with E-state index in [1.54, 1.807) is 6.07 Å². The molecule has 1 aromatic rings. The lowest BCUT2D eigenvalue weighted by Crippen LogP contribution is -2.42. The Bertz CT molecular complexity index is 509. The molecule has 0 unspecified atom stereocenters. The molecule has 1 aliphatic heterocycles. The van der Waals surface area contributed by atoms with E-state index >= 15 is 0 Å². The van der Waals surface area contributed by atoms with E-state index in [4.69, 9.17) is 23.2 Å². The van der Waals surface area contributed by atoms with Gasteiger partial charge >= 0.3 is 6.03 Å². The van der Waals surface area contributed by atoms with Gasteiger partial charge < -0.3 is 20.9 Å². The van der Waals surface area contributed by atoms with Gasteiger partial charge in [-0.25, -0.2) is 9.78 Å². The zero-order valence-electron chi connectivity index (χ0n) is 13.1. The second kappa shape index (κ2) is 9.80. The van der Waals surface area contributed by atoms with Crippen molar-refractivity contribution in [3.05, 3.63) is 22.3 Å². The van der Waals surface area contributed by atoms with Crippen LogP contribution in [-0.2, 0) is 0 Å². The van der Waals surface area contributed by atoms with Crippen molar-refractivity contribution in [3.63, 3.8) is 0 Å². The quantitative estimate of drug-likeness (QED) is 0.654. The SMILES string of the molecule is O=C(NCCNc1ncc(Cl)cc1Cl)NCCN1CCCCC1. The molecule has 1 aromatic heterocycles. The maximum atomic E-state index is 11.7. The summed E-state index contributed by atoms with van der Waals surface area (Å²) >= 11 is 11.8. The fourth-order valence-corrected chi connectivity index (χ4v) is 2.92. The maximum Gasteiger partial charge on any atom is 0.314 e. The number of piperidine rings is 1. The summed E-state index contributed by atoms with van der Waals surface area (Å²) in [5.74, 6) is 0.559. The van der Waals surface area contributed by atoms with Crippen molar-refractivity contribution in [2.45, 2.75) is 19.3 Å². The van der Waals surface area contributed by atoms with E-state index in [1.807, 2.05) is 0 Å². The van der Waals surface area contributed by atoms with Gasteiger partial charge in [0.15, 0.2) is 0 Å². The molecule has 2 heterocycles. The molecular weight excluding hydrogens is 337 g/mol. The molecule has 2 rings (SSSR count). The molecule has 0 bridgehead atoms. The number of amides is 2. The average molecular weight is 360 g/mol. The molecule has 23 heavy (non-hydrogen) atoms. The van der Waals surface area contributed by atoms with E-state index in [2.05, 4.69) is 25.8 Å². The Morgan fingerprint density at radius 1 is 1.13 bits per heavy atom. The molecule has 0 saturated carbocycles. The van der Waals surface area contributed by atoms with Crippen LogP contribution in [-0.4, -0.2) is 55.2 Å². The summed E-state index contributed by atoms with van der Waals surface area (Å²) in [4.78, 5) is 18.2. The number of rotatable bonds is 7. The van der Waals surface area contributed by atoms with Crippen LogP contribution < -0.4 is 16.0 Å². The number of nitrogens with zero attached hydrogens (tertiary/aromatic N) is 2. The first-order chi connectivity index (χ1) is 11.1. The van der Waals surface area contributed by atoms with Crippen LogP contribution in [0.15, 0.2) is 12.3 Å². The highest BCUT2D eigenvalue weighted by molar-refractivity contribution is 6.35. The van der Waals surface area contributed by atoms with Crippen LogP contribution in [0.3, 0.4) is 0 Å². The van der Waals surface area contributed by atoms with Gasteiger partial charge in [0.05, 0.1) is 10.0 Å². The van der Waals surface area contributed by atoms with E-state index in [9.17, 15) is 4.79 Å². The van der Waals surface area contributed by atoms with E-state index in [0.29, 0.717) is 35.5 Å². The summed E-state index contributed by atoms with van der Waals surface area (Å²) < 4.78 is 0. The maximum absolute atomic E-state index is 11.7. The second-order valence-corrected chi connectivity index (χ2v) is 6.34. The summed E-state index contributed by atoms with van der Waals surface area (Å²) in [7, 11) is 0. The Labute approximate surface area is 146 Å². The monoisotopic (exact) mass is 359 g/mol. The average Bonchev–Trinajstić information content (AvgIpc) is 2.54. The molecular formula is C15H23Cl2N5O. The molecule has 3 N–H and O–H groups in total. The van der Waals surface area contributed by atoms with Gasteiger partial charge in [-0.05, 0) is 32.0 Å². The lowest BCUT2D eigenvalue weighted by atomic mass is 10.1. The van der Waals surface area contributed by atoms with Crippen molar-refractivity contribution >= 4 is 35.1 Å². The number of urea groups is 1. The van der Waals surface area contributed by atoms with Gasteiger partial charge in [0.1, 0.15) is 5.82 Å². The van der Waals surface area contributed by atoms with E-state index in [1.165, 1.54) is 25.5 Å². The Morgan fingerprint density at radius 3 is 2.61 bits per heavy atom. The minimum atomic E-state index is -0.154. The van der Waals surface area contributed by atoms with Crippen LogP contribution in [0.2, 0.25) is 10.0 Å². The fraction of sp³-hybridized carbons (Fsp3) is 0.600. The highest BCUT2D eigenvalue weighted by atomic mass is 35.5. The van der Waals surface area contributed by atoms with E-state index in [0.717, 1.165) is 19.6 Å². The number of nitrogens with one attached hydrogen (secondary N) is 3. The smallest absolute Gasteiger partial charge is 0.314 e. The molecule has 0 atom stereocenters. The van der Waals surface area contributed by atoms with Crippen LogP contribution in [0.25, 0.3) is 0 Å². The number of likely N-dealkylation sites (tertiary alicyclic amines) is 1. The number of aromatic nitrogens is 1. The van der Waals surface area contributed by atoms with Gasteiger partial charge in [0.25, 0.3) is 0 Å². The number of hydrogen-bond acceptors (Lipinski definition) is 4. The first kappa shape index (κ1) is 18.1. The van der Waals surface area contributed by atoms with Crippen LogP contribution in [0.4, 0.5) is 10.6 Å². The largest absolute Gasteiger partial charge is 0.367 e. The molecule has 0 spiro atoms.